The van der Waals surface area contributed by atoms with Crippen LogP contribution in [0.25, 0.3) is 22.5 Å². The Morgan fingerprint density at radius 3 is 2.41 bits per heavy atom. The van der Waals surface area contributed by atoms with Crippen LogP contribution in [0.1, 0.15) is 5.69 Å². The molecule has 1 saturated heterocycles. The van der Waals surface area contributed by atoms with Gasteiger partial charge in [0.1, 0.15) is 5.57 Å². The summed E-state index contributed by atoms with van der Waals surface area (Å²) >= 11 is 6.02. The van der Waals surface area contributed by atoms with Crippen molar-refractivity contribution in [3.63, 3.8) is 0 Å². The summed E-state index contributed by atoms with van der Waals surface area (Å²) in [7, 11) is 0. The molecular weight excluding hydrogens is 426 g/mol. The summed E-state index contributed by atoms with van der Waals surface area (Å²) in [6.45, 7) is 0. The van der Waals surface area contributed by atoms with E-state index in [1.165, 1.54) is 12.1 Å². The van der Waals surface area contributed by atoms with Crippen molar-refractivity contribution < 1.29 is 14.4 Å². The van der Waals surface area contributed by atoms with Gasteiger partial charge in [-0.05, 0) is 59.3 Å². The summed E-state index contributed by atoms with van der Waals surface area (Å²) in [5.41, 5.74) is 1.64. The van der Waals surface area contributed by atoms with E-state index in [4.69, 9.17) is 11.6 Å². The lowest BCUT2D eigenvalue weighted by Gasteiger charge is -2.26. The number of anilines is 1. The number of hydrogen-bond donors (Lipinski definition) is 1. The van der Waals surface area contributed by atoms with Crippen LogP contribution in [0.15, 0.2) is 90.6 Å². The lowest BCUT2D eigenvalue weighted by Crippen LogP contribution is -2.54. The van der Waals surface area contributed by atoms with Crippen molar-refractivity contribution in [3.05, 3.63) is 101 Å². The number of aromatic nitrogens is 1. The molecule has 156 valence electrons. The molecule has 0 aliphatic carbocycles. The van der Waals surface area contributed by atoms with Crippen LogP contribution in [0.5, 0.6) is 0 Å². The van der Waals surface area contributed by atoms with Crippen LogP contribution in [0.2, 0.25) is 5.02 Å². The van der Waals surface area contributed by atoms with E-state index in [1.807, 2.05) is 59.3 Å². The van der Waals surface area contributed by atoms with Gasteiger partial charge in [-0.15, -0.1) is 0 Å². The molecule has 0 radical (unpaired) electrons. The number of rotatable bonds is 3. The van der Waals surface area contributed by atoms with Gasteiger partial charge >= 0.3 is 6.03 Å². The van der Waals surface area contributed by atoms with E-state index in [2.05, 4.69) is 5.32 Å². The molecule has 0 saturated carbocycles. The van der Waals surface area contributed by atoms with Crippen molar-refractivity contribution in [2.45, 2.75) is 0 Å². The van der Waals surface area contributed by atoms with Crippen molar-refractivity contribution in [3.8, 4) is 5.69 Å². The third-order valence-electron chi connectivity index (χ3n) is 5.25. The first-order valence-electron chi connectivity index (χ1n) is 9.85. The van der Waals surface area contributed by atoms with Crippen LogP contribution in [0.3, 0.4) is 0 Å². The van der Waals surface area contributed by atoms with Crippen molar-refractivity contribution in [1.29, 1.82) is 0 Å². The summed E-state index contributed by atoms with van der Waals surface area (Å²) in [6, 6.07) is 23.1. The highest BCUT2D eigenvalue weighted by molar-refractivity contribution is 6.39. The molecular formula is C25H16ClN3O3. The topological polar surface area (TPSA) is 71.4 Å². The zero-order valence-electron chi connectivity index (χ0n) is 16.7. The highest BCUT2D eigenvalue weighted by Crippen LogP contribution is 2.26. The van der Waals surface area contributed by atoms with E-state index in [-0.39, 0.29) is 11.3 Å². The van der Waals surface area contributed by atoms with Gasteiger partial charge in [-0.3, -0.25) is 14.9 Å². The normalized spacial score (nSPS) is 15.5. The second kappa shape index (κ2) is 7.83. The van der Waals surface area contributed by atoms with Gasteiger partial charge in [-0.2, -0.15) is 0 Å². The number of urea groups is 1. The standard InChI is InChI=1S/C25H16ClN3O3/c26-18-7-3-8-21(14-18)29-24(31)22(23(30)27-25(29)32)15-19-9-4-12-28(19)20-11-10-16-5-1-2-6-17(16)13-20/h1-15H,(H,27,30,32)/b22-15+. The number of barbiturate groups is 1. The fraction of sp³-hybridized carbons (Fsp3) is 0. The quantitative estimate of drug-likeness (QED) is 0.361. The molecule has 4 amide bonds. The maximum atomic E-state index is 13.1. The van der Waals surface area contributed by atoms with Gasteiger partial charge in [0.25, 0.3) is 11.8 Å². The van der Waals surface area contributed by atoms with Crippen LogP contribution in [-0.2, 0) is 9.59 Å². The third kappa shape index (κ3) is 3.46. The molecule has 6 nitrogen and oxygen atoms in total. The lowest BCUT2D eigenvalue weighted by molar-refractivity contribution is -0.122. The Morgan fingerprint density at radius 1 is 0.781 bits per heavy atom. The van der Waals surface area contributed by atoms with E-state index in [0.717, 1.165) is 21.4 Å². The smallest absolute Gasteiger partial charge is 0.317 e. The van der Waals surface area contributed by atoms with Gasteiger partial charge in [0.15, 0.2) is 0 Å². The van der Waals surface area contributed by atoms with E-state index < -0.39 is 17.8 Å². The average Bonchev–Trinajstić information content (AvgIpc) is 3.24. The lowest BCUT2D eigenvalue weighted by atomic mass is 10.1. The Balaban J connectivity index is 1.56. The Bertz CT molecular complexity index is 1440. The molecule has 1 aliphatic rings. The summed E-state index contributed by atoms with van der Waals surface area (Å²) < 4.78 is 1.88. The summed E-state index contributed by atoms with van der Waals surface area (Å²) in [5.74, 6) is -1.46. The molecule has 2 heterocycles. The van der Waals surface area contributed by atoms with Crippen LogP contribution in [-0.4, -0.2) is 22.4 Å². The molecule has 5 rings (SSSR count). The number of carbonyl (C=O) groups excluding carboxylic acids is 3. The van der Waals surface area contributed by atoms with Crippen LogP contribution in [0, 0.1) is 0 Å². The van der Waals surface area contributed by atoms with Crippen LogP contribution >= 0.6 is 11.6 Å². The van der Waals surface area contributed by atoms with Gasteiger partial charge in [0.05, 0.1) is 5.69 Å². The number of benzene rings is 3. The molecule has 0 bridgehead atoms. The number of hydrogen-bond acceptors (Lipinski definition) is 3. The molecule has 1 aromatic heterocycles. The first-order valence-corrected chi connectivity index (χ1v) is 10.2. The number of nitrogens with zero attached hydrogens (tertiary/aromatic N) is 2. The molecule has 32 heavy (non-hydrogen) atoms. The fourth-order valence-corrected chi connectivity index (χ4v) is 3.91. The molecule has 1 fully saturated rings. The van der Waals surface area contributed by atoms with Crippen LogP contribution < -0.4 is 10.2 Å². The molecule has 3 aromatic carbocycles. The first kappa shape index (κ1) is 19.8. The number of imide groups is 2. The van der Waals surface area contributed by atoms with Crippen molar-refractivity contribution >= 4 is 52.0 Å². The number of carbonyl (C=O) groups is 3. The molecule has 4 aromatic rings. The second-order valence-electron chi connectivity index (χ2n) is 7.27. The average molecular weight is 442 g/mol. The zero-order valence-corrected chi connectivity index (χ0v) is 17.4. The minimum absolute atomic E-state index is 0.148. The highest BCUT2D eigenvalue weighted by atomic mass is 35.5. The zero-order chi connectivity index (χ0) is 22.2. The van der Waals surface area contributed by atoms with Gasteiger partial charge in [-0.1, -0.05) is 48.0 Å². The van der Waals surface area contributed by atoms with E-state index in [0.29, 0.717) is 10.7 Å². The van der Waals surface area contributed by atoms with Crippen LogP contribution in [0.4, 0.5) is 10.5 Å². The Labute approximate surface area is 188 Å². The maximum Gasteiger partial charge on any atom is 0.335 e. The summed E-state index contributed by atoms with van der Waals surface area (Å²) in [5, 5.41) is 4.78. The Hall–Kier alpha value is -4.16. The van der Waals surface area contributed by atoms with Gasteiger partial charge in [-0.25, -0.2) is 9.69 Å². The minimum Gasteiger partial charge on any atom is -0.317 e. The Kier molecular flexibility index (Phi) is 4.84. The summed E-state index contributed by atoms with van der Waals surface area (Å²) in [4.78, 5) is 38.9. The number of fused-ring (bicyclic) bond motifs is 1. The van der Waals surface area contributed by atoms with E-state index >= 15 is 0 Å². The molecule has 7 heteroatoms. The predicted octanol–water partition coefficient (Wildman–Crippen LogP) is 4.95. The number of amides is 4. The van der Waals surface area contributed by atoms with E-state index in [1.54, 1.807) is 24.3 Å². The SMILES string of the molecule is O=C1NC(=O)N(c2cccc(Cl)c2)C(=O)/C1=C/c1cccn1-c1ccc2ccccc2c1. The van der Waals surface area contributed by atoms with Gasteiger partial charge in [0.2, 0.25) is 0 Å². The molecule has 1 N–H and O–H groups in total. The minimum atomic E-state index is -0.815. The maximum absolute atomic E-state index is 13.1. The fourth-order valence-electron chi connectivity index (χ4n) is 3.73. The molecule has 0 spiro atoms. The van der Waals surface area contributed by atoms with E-state index in [9.17, 15) is 14.4 Å². The molecule has 0 unspecified atom stereocenters. The highest BCUT2D eigenvalue weighted by Gasteiger charge is 2.37. The molecule has 1 aliphatic heterocycles. The number of halogens is 1. The number of nitrogens with one attached hydrogen (secondary N) is 1. The predicted molar refractivity (Wildman–Crippen MR) is 124 cm³/mol. The van der Waals surface area contributed by atoms with Crippen molar-refractivity contribution in [1.82, 2.24) is 9.88 Å². The second-order valence-corrected chi connectivity index (χ2v) is 7.71. The summed E-state index contributed by atoms with van der Waals surface area (Å²) in [6.07, 6.45) is 3.33. The monoisotopic (exact) mass is 441 g/mol. The Morgan fingerprint density at radius 2 is 1.59 bits per heavy atom. The largest absolute Gasteiger partial charge is 0.335 e. The third-order valence-corrected chi connectivity index (χ3v) is 5.49. The van der Waals surface area contributed by atoms with Crippen molar-refractivity contribution in [2.24, 2.45) is 0 Å². The van der Waals surface area contributed by atoms with Crippen molar-refractivity contribution in [2.75, 3.05) is 4.90 Å². The first-order chi connectivity index (χ1) is 15.5. The molecule has 0 atom stereocenters. The van der Waals surface area contributed by atoms with Gasteiger partial charge in [0, 0.05) is 22.6 Å². The van der Waals surface area contributed by atoms with Gasteiger partial charge < -0.3 is 4.57 Å².